The number of halogens is 1. The van der Waals surface area contributed by atoms with Crippen LogP contribution in [0.2, 0.25) is 0 Å². The monoisotopic (exact) mass is 281 g/mol. The van der Waals surface area contributed by atoms with Crippen molar-refractivity contribution < 1.29 is 4.74 Å². The summed E-state index contributed by atoms with van der Waals surface area (Å²) in [7, 11) is 0. The Morgan fingerprint density at radius 3 is 2.81 bits per heavy atom. The highest BCUT2D eigenvalue weighted by Crippen LogP contribution is 2.41. The Morgan fingerprint density at radius 2 is 2.12 bits per heavy atom. The average molecular weight is 282 g/mol. The molecule has 2 N–H and O–H groups in total. The fourth-order valence-corrected chi connectivity index (χ4v) is 2.98. The van der Waals surface area contributed by atoms with Gasteiger partial charge in [-0.1, -0.05) is 22.4 Å². The molecule has 1 fully saturated rings. The maximum absolute atomic E-state index is 6.22. The van der Waals surface area contributed by atoms with Crippen molar-refractivity contribution in [3.8, 4) is 5.75 Å². The third-order valence-corrected chi connectivity index (χ3v) is 4.30. The van der Waals surface area contributed by atoms with Gasteiger partial charge in [-0.2, -0.15) is 0 Å². The summed E-state index contributed by atoms with van der Waals surface area (Å²) >= 11 is 3.48. The van der Waals surface area contributed by atoms with Gasteiger partial charge in [-0.25, -0.2) is 0 Å². The molecule has 1 aromatic rings. The van der Waals surface area contributed by atoms with Crippen LogP contribution in [0.5, 0.6) is 5.75 Å². The smallest absolute Gasteiger partial charge is 0.124 e. The highest BCUT2D eigenvalue weighted by atomic mass is 79.9. The molecule has 1 heterocycles. The molecule has 0 amide bonds. The molecular weight excluding hydrogens is 266 g/mol. The van der Waals surface area contributed by atoms with E-state index >= 15 is 0 Å². The van der Waals surface area contributed by atoms with E-state index in [9.17, 15) is 0 Å². The number of nitrogens with two attached hydrogens (primary N) is 1. The minimum Gasteiger partial charge on any atom is -0.490 e. The Bertz CT molecular complexity index is 403. The van der Waals surface area contributed by atoms with Crippen molar-refractivity contribution >= 4 is 15.9 Å². The Morgan fingerprint density at radius 1 is 1.31 bits per heavy atom. The zero-order valence-electron chi connectivity index (χ0n) is 9.16. The van der Waals surface area contributed by atoms with Crippen molar-refractivity contribution in [1.82, 2.24) is 0 Å². The Hall–Kier alpha value is -0.540. The second-order valence-electron chi connectivity index (χ2n) is 4.87. The van der Waals surface area contributed by atoms with Gasteiger partial charge < -0.3 is 10.5 Å². The number of benzene rings is 1. The van der Waals surface area contributed by atoms with Gasteiger partial charge in [0.1, 0.15) is 11.9 Å². The summed E-state index contributed by atoms with van der Waals surface area (Å²) in [6.45, 7) is 0. The van der Waals surface area contributed by atoms with Gasteiger partial charge in [0.15, 0.2) is 0 Å². The van der Waals surface area contributed by atoms with Crippen LogP contribution in [0.15, 0.2) is 22.7 Å². The summed E-state index contributed by atoms with van der Waals surface area (Å²) in [4.78, 5) is 0. The molecule has 3 heteroatoms. The molecule has 2 nitrogen and oxygen atoms in total. The van der Waals surface area contributed by atoms with E-state index in [-0.39, 0.29) is 6.04 Å². The maximum atomic E-state index is 6.22. The SMILES string of the molecule is N[C@@H]1CC(C2CCC2)Oc2ccc(Br)cc21. The topological polar surface area (TPSA) is 35.2 Å². The molecule has 0 aromatic heterocycles. The maximum Gasteiger partial charge on any atom is 0.124 e. The van der Waals surface area contributed by atoms with Crippen LogP contribution in [0.3, 0.4) is 0 Å². The van der Waals surface area contributed by atoms with Crippen LogP contribution in [0.1, 0.15) is 37.3 Å². The van der Waals surface area contributed by atoms with E-state index in [1.54, 1.807) is 0 Å². The summed E-state index contributed by atoms with van der Waals surface area (Å²) < 4.78 is 7.14. The van der Waals surface area contributed by atoms with Crippen molar-refractivity contribution in [2.24, 2.45) is 11.7 Å². The van der Waals surface area contributed by atoms with Crippen LogP contribution in [0, 0.1) is 5.92 Å². The Kier molecular flexibility index (Phi) is 2.68. The second kappa shape index (κ2) is 4.04. The lowest BCUT2D eigenvalue weighted by Gasteiger charge is -2.39. The zero-order chi connectivity index (χ0) is 11.1. The van der Waals surface area contributed by atoms with E-state index in [0.717, 1.165) is 28.1 Å². The highest BCUT2D eigenvalue weighted by Gasteiger charge is 2.34. The van der Waals surface area contributed by atoms with Crippen LogP contribution in [-0.2, 0) is 0 Å². The molecule has 0 saturated heterocycles. The van der Waals surface area contributed by atoms with E-state index < -0.39 is 0 Å². The quantitative estimate of drug-likeness (QED) is 0.856. The molecule has 1 aromatic carbocycles. The van der Waals surface area contributed by atoms with Gasteiger partial charge in [0.2, 0.25) is 0 Å². The van der Waals surface area contributed by atoms with Gasteiger partial charge in [-0.05, 0) is 37.0 Å². The molecule has 86 valence electrons. The fraction of sp³-hybridized carbons (Fsp3) is 0.538. The number of rotatable bonds is 1. The Labute approximate surface area is 104 Å². The molecule has 2 atom stereocenters. The van der Waals surface area contributed by atoms with E-state index in [0.29, 0.717) is 6.10 Å². The molecule has 1 unspecified atom stereocenters. The normalized spacial score (nSPS) is 29.1. The van der Waals surface area contributed by atoms with Crippen LogP contribution >= 0.6 is 15.9 Å². The van der Waals surface area contributed by atoms with Gasteiger partial charge in [-0.3, -0.25) is 0 Å². The molecule has 0 spiro atoms. The minimum absolute atomic E-state index is 0.131. The summed E-state index contributed by atoms with van der Waals surface area (Å²) in [5.41, 5.74) is 7.36. The fourth-order valence-electron chi connectivity index (χ4n) is 2.61. The Balaban J connectivity index is 1.87. The number of ether oxygens (including phenoxy) is 1. The van der Waals surface area contributed by atoms with Crippen molar-refractivity contribution in [2.45, 2.75) is 37.8 Å². The summed E-state index contributed by atoms with van der Waals surface area (Å²) in [5.74, 6) is 1.72. The number of hydrogen-bond donors (Lipinski definition) is 1. The molecule has 16 heavy (non-hydrogen) atoms. The van der Waals surface area contributed by atoms with Gasteiger partial charge in [-0.15, -0.1) is 0 Å². The standard InChI is InChI=1S/C13H16BrNO/c14-9-4-5-12-10(6-9)11(15)7-13(16-12)8-2-1-3-8/h4-6,8,11,13H,1-3,7,15H2/t11-,13?/m1/s1. The molecule has 0 radical (unpaired) electrons. The molecule has 2 aliphatic rings. The molecule has 1 saturated carbocycles. The van der Waals surface area contributed by atoms with Gasteiger partial charge in [0.05, 0.1) is 0 Å². The lowest BCUT2D eigenvalue weighted by molar-refractivity contribution is 0.0579. The van der Waals surface area contributed by atoms with Gasteiger partial charge in [0, 0.05) is 22.5 Å². The summed E-state index contributed by atoms with van der Waals surface area (Å²) in [5, 5.41) is 0. The largest absolute Gasteiger partial charge is 0.490 e. The predicted octanol–water partition coefficient (Wildman–Crippen LogP) is 3.40. The third kappa shape index (κ3) is 1.76. The van der Waals surface area contributed by atoms with E-state index in [1.807, 2.05) is 12.1 Å². The van der Waals surface area contributed by atoms with Crippen molar-refractivity contribution in [2.75, 3.05) is 0 Å². The molecule has 3 rings (SSSR count). The van der Waals surface area contributed by atoms with Gasteiger partial charge >= 0.3 is 0 Å². The summed E-state index contributed by atoms with van der Waals surface area (Å²) in [6.07, 6.45) is 5.28. The van der Waals surface area contributed by atoms with Crippen molar-refractivity contribution in [3.05, 3.63) is 28.2 Å². The molecule has 1 aliphatic heterocycles. The molecule has 1 aliphatic carbocycles. The minimum atomic E-state index is 0.131. The highest BCUT2D eigenvalue weighted by molar-refractivity contribution is 9.10. The summed E-state index contributed by atoms with van der Waals surface area (Å²) in [6, 6.07) is 6.27. The predicted molar refractivity (Wildman–Crippen MR) is 67.4 cm³/mol. The first-order chi connectivity index (χ1) is 7.74. The van der Waals surface area contributed by atoms with Crippen LogP contribution in [0.4, 0.5) is 0 Å². The number of fused-ring (bicyclic) bond motifs is 1. The lowest BCUT2D eigenvalue weighted by atomic mass is 9.77. The third-order valence-electron chi connectivity index (χ3n) is 3.81. The first-order valence-corrected chi connectivity index (χ1v) is 6.75. The van der Waals surface area contributed by atoms with Gasteiger partial charge in [0.25, 0.3) is 0 Å². The molecular formula is C13H16BrNO. The second-order valence-corrected chi connectivity index (χ2v) is 5.79. The number of hydrogen-bond acceptors (Lipinski definition) is 2. The van der Waals surface area contributed by atoms with Crippen LogP contribution in [0.25, 0.3) is 0 Å². The average Bonchev–Trinajstić information content (AvgIpc) is 2.17. The van der Waals surface area contributed by atoms with Crippen molar-refractivity contribution in [1.29, 1.82) is 0 Å². The van der Waals surface area contributed by atoms with Crippen LogP contribution < -0.4 is 10.5 Å². The van der Waals surface area contributed by atoms with E-state index in [1.165, 1.54) is 19.3 Å². The van der Waals surface area contributed by atoms with E-state index in [2.05, 4.69) is 22.0 Å². The zero-order valence-corrected chi connectivity index (χ0v) is 10.7. The lowest BCUT2D eigenvalue weighted by Crippen LogP contribution is -2.38. The van der Waals surface area contributed by atoms with Crippen LogP contribution in [-0.4, -0.2) is 6.10 Å². The molecule has 0 bridgehead atoms. The van der Waals surface area contributed by atoms with E-state index in [4.69, 9.17) is 10.5 Å². The van der Waals surface area contributed by atoms with Crippen molar-refractivity contribution in [3.63, 3.8) is 0 Å². The first-order valence-electron chi connectivity index (χ1n) is 5.96. The first kappa shape index (κ1) is 10.6.